The molecule has 1 heterocycles. The van der Waals surface area contributed by atoms with Gasteiger partial charge in [-0.25, -0.2) is 0 Å². The van der Waals surface area contributed by atoms with E-state index in [1.807, 2.05) is 33.1 Å². The van der Waals surface area contributed by atoms with E-state index in [2.05, 4.69) is 0 Å². The Morgan fingerprint density at radius 1 is 1.32 bits per heavy atom. The molecule has 6 heteroatoms. The molecule has 0 bridgehead atoms. The van der Waals surface area contributed by atoms with Crippen LogP contribution in [0.5, 0.6) is 0 Å². The van der Waals surface area contributed by atoms with E-state index >= 15 is 0 Å². The minimum Gasteiger partial charge on any atom is -0.481 e. The number of hydrogen-bond donors (Lipinski definition) is 1. The maximum Gasteiger partial charge on any atom is 0.308 e. The van der Waals surface area contributed by atoms with Crippen LogP contribution >= 0.6 is 11.8 Å². The molecule has 25 heavy (non-hydrogen) atoms. The monoisotopic (exact) mass is 361 g/mol. The Hall–Kier alpha value is -2.08. The molecule has 0 radical (unpaired) electrons. The van der Waals surface area contributed by atoms with Gasteiger partial charge in [0, 0.05) is 23.3 Å². The quantitative estimate of drug-likeness (QED) is 0.755. The van der Waals surface area contributed by atoms with Crippen LogP contribution < -0.4 is 0 Å². The smallest absolute Gasteiger partial charge is 0.308 e. The van der Waals surface area contributed by atoms with Gasteiger partial charge in [-0.15, -0.1) is 11.8 Å². The fraction of sp³-hybridized carbons (Fsp3) is 0.421. The summed E-state index contributed by atoms with van der Waals surface area (Å²) < 4.78 is 0. The number of carboxylic acids is 1. The zero-order valence-electron chi connectivity index (χ0n) is 14.9. The van der Waals surface area contributed by atoms with Crippen molar-refractivity contribution in [3.8, 4) is 0 Å². The van der Waals surface area contributed by atoms with Gasteiger partial charge in [-0.05, 0) is 25.2 Å². The third-order valence-electron chi connectivity index (χ3n) is 4.01. The van der Waals surface area contributed by atoms with Gasteiger partial charge in [0.25, 0.3) is 5.91 Å². The second-order valence-corrected chi connectivity index (χ2v) is 7.52. The molecule has 0 saturated heterocycles. The third-order valence-corrected chi connectivity index (χ3v) is 4.95. The fourth-order valence-corrected chi connectivity index (χ4v) is 3.95. The largest absolute Gasteiger partial charge is 0.481 e. The van der Waals surface area contributed by atoms with E-state index in [9.17, 15) is 19.5 Å². The second kappa shape index (κ2) is 7.87. The Balaban J connectivity index is 2.53. The molecule has 0 unspecified atom stereocenters. The molecule has 1 aromatic rings. The fourth-order valence-electron chi connectivity index (χ4n) is 3.03. The molecule has 0 spiro atoms. The van der Waals surface area contributed by atoms with Gasteiger partial charge in [0.1, 0.15) is 5.37 Å². The molecular formula is C19H23NO4S. The van der Waals surface area contributed by atoms with Crippen molar-refractivity contribution in [3.63, 3.8) is 0 Å². The lowest BCUT2D eigenvalue weighted by Crippen LogP contribution is -2.37. The molecule has 1 N–H and O–H groups in total. The number of aryl methyl sites for hydroxylation is 1. The minimum absolute atomic E-state index is 0.110. The second-order valence-electron chi connectivity index (χ2n) is 6.60. The van der Waals surface area contributed by atoms with Crippen LogP contribution in [0.3, 0.4) is 0 Å². The van der Waals surface area contributed by atoms with E-state index < -0.39 is 17.8 Å². The van der Waals surface area contributed by atoms with E-state index in [0.29, 0.717) is 17.7 Å². The number of carbonyl (C=O) groups excluding carboxylic acids is 2. The average molecular weight is 361 g/mol. The van der Waals surface area contributed by atoms with Crippen LogP contribution in [0, 0.1) is 12.8 Å². The van der Waals surface area contributed by atoms with Gasteiger partial charge in [-0.1, -0.05) is 37.6 Å². The van der Waals surface area contributed by atoms with Crippen LogP contribution in [-0.4, -0.2) is 45.8 Å². The van der Waals surface area contributed by atoms with Gasteiger partial charge in [0.15, 0.2) is 5.78 Å². The lowest BCUT2D eigenvalue weighted by Gasteiger charge is -2.27. The molecule has 0 aromatic heterocycles. The first-order chi connectivity index (χ1) is 11.8. The number of carbonyl (C=O) groups is 3. The number of aliphatic carboxylic acids is 1. The van der Waals surface area contributed by atoms with Gasteiger partial charge >= 0.3 is 5.97 Å². The van der Waals surface area contributed by atoms with Gasteiger partial charge in [0.05, 0.1) is 6.42 Å². The van der Waals surface area contributed by atoms with Gasteiger partial charge in [0.2, 0.25) is 0 Å². The Morgan fingerprint density at radius 3 is 2.52 bits per heavy atom. The van der Waals surface area contributed by atoms with Crippen molar-refractivity contribution in [2.75, 3.05) is 12.8 Å². The first-order valence-electron chi connectivity index (χ1n) is 8.16. The van der Waals surface area contributed by atoms with E-state index in [0.717, 1.165) is 5.56 Å². The van der Waals surface area contributed by atoms with Crippen LogP contribution in [0.1, 0.15) is 36.2 Å². The normalized spacial score (nSPS) is 17.6. The molecule has 5 nitrogen and oxygen atoms in total. The minimum atomic E-state index is -1.11. The topological polar surface area (TPSA) is 74.7 Å². The molecule has 0 saturated carbocycles. The summed E-state index contributed by atoms with van der Waals surface area (Å²) in [6.07, 6.45) is 1.40. The van der Waals surface area contributed by atoms with E-state index in [1.165, 1.54) is 11.8 Å². The predicted molar refractivity (Wildman–Crippen MR) is 98.6 cm³/mol. The van der Waals surface area contributed by atoms with Crippen molar-refractivity contribution in [2.24, 2.45) is 5.92 Å². The highest BCUT2D eigenvalue weighted by atomic mass is 32.2. The van der Waals surface area contributed by atoms with Crippen LogP contribution in [0.15, 0.2) is 35.4 Å². The Morgan fingerprint density at radius 2 is 2.00 bits per heavy atom. The molecule has 1 aliphatic rings. The van der Waals surface area contributed by atoms with E-state index in [4.69, 9.17) is 0 Å². The van der Waals surface area contributed by atoms with Gasteiger partial charge < -0.3 is 10.0 Å². The lowest BCUT2D eigenvalue weighted by molar-refractivity contribution is -0.137. The average Bonchev–Trinajstić information content (AvgIpc) is 2.78. The van der Waals surface area contributed by atoms with Crippen LogP contribution in [0.25, 0.3) is 0 Å². The third kappa shape index (κ3) is 4.12. The molecule has 1 atom stereocenters. The van der Waals surface area contributed by atoms with Crippen molar-refractivity contribution in [2.45, 2.75) is 32.6 Å². The summed E-state index contributed by atoms with van der Waals surface area (Å²) in [7, 11) is 0. The summed E-state index contributed by atoms with van der Waals surface area (Å²) in [6.45, 7) is 6.35. The highest BCUT2D eigenvalue weighted by Gasteiger charge is 2.42. The number of benzene rings is 1. The molecule has 1 aliphatic heterocycles. The number of ketones is 1. The zero-order chi connectivity index (χ0) is 18.7. The number of hydrogen-bond acceptors (Lipinski definition) is 4. The van der Waals surface area contributed by atoms with Gasteiger partial charge in [-0.2, -0.15) is 0 Å². The number of Topliss-reactive ketones (excluding diaryl/α,β-unsaturated/α-hetero) is 1. The molecule has 1 amide bonds. The van der Waals surface area contributed by atoms with E-state index in [-0.39, 0.29) is 23.2 Å². The van der Waals surface area contributed by atoms with Crippen molar-refractivity contribution in [1.82, 2.24) is 4.90 Å². The van der Waals surface area contributed by atoms with Crippen LogP contribution in [0.4, 0.5) is 0 Å². The summed E-state index contributed by atoms with van der Waals surface area (Å²) in [4.78, 5) is 38.8. The summed E-state index contributed by atoms with van der Waals surface area (Å²) >= 11 is 1.39. The van der Waals surface area contributed by atoms with Gasteiger partial charge in [-0.3, -0.25) is 14.4 Å². The SMILES string of the molecule is CS[C@@H]1C(C(=O)c2cccc(C)c2)=C(CC(=O)O)C(=O)N1CC(C)C. The summed E-state index contributed by atoms with van der Waals surface area (Å²) in [5, 5.41) is 8.76. The summed E-state index contributed by atoms with van der Waals surface area (Å²) in [5.74, 6) is -1.49. The molecular weight excluding hydrogens is 338 g/mol. The van der Waals surface area contributed by atoms with Crippen LogP contribution in [0.2, 0.25) is 0 Å². The number of rotatable bonds is 7. The first-order valence-corrected chi connectivity index (χ1v) is 9.45. The standard InChI is InChI=1S/C19H23NO4S/c1-11(2)10-20-18(24)14(9-15(21)22)16(19(20)25-4)17(23)13-7-5-6-12(3)8-13/h5-8,11,19H,9-10H2,1-4H3,(H,21,22)/t19-/m1/s1. The van der Waals surface area contributed by atoms with E-state index in [1.54, 1.807) is 23.1 Å². The van der Waals surface area contributed by atoms with Crippen molar-refractivity contribution >= 4 is 29.4 Å². The van der Waals surface area contributed by atoms with Crippen LogP contribution in [-0.2, 0) is 9.59 Å². The maximum atomic E-state index is 13.1. The summed E-state index contributed by atoms with van der Waals surface area (Å²) in [5.41, 5.74) is 1.84. The zero-order valence-corrected chi connectivity index (χ0v) is 15.7. The predicted octanol–water partition coefficient (Wildman–Crippen LogP) is 3.14. The van der Waals surface area contributed by atoms with Crippen molar-refractivity contribution < 1.29 is 19.5 Å². The molecule has 0 aliphatic carbocycles. The molecule has 1 aromatic carbocycles. The molecule has 134 valence electrons. The highest BCUT2D eigenvalue weighted by molar-refractivity contribution is 7.99. The Kier molecular flexibility index (Phi) is 6.06. The molecule has 2 rings (SSSR count). The number of nitrogens with zero attached hydrogens (tertiary/aromatic N) is 1. The van der Waals surface area contributed by atoms with Crippen molar-refractivity contribution in [1.29, 1.82) is 0 Å². The Labute approximate surface area is 152 Å². The van der Waals surface area contributed by atoms with Crippen molar-refractivity contribution in [3.05, 3.63) is 46.5 Å². The maximum absolute atomic E-state index is 13.1. The number of thioether (sulfide) groups is 1. The molecule has 0 fully saturated rings. The Bertz CT molecular complexity index is 739. The number of amides is 1. The lowest BCUT2D eigenvalue weighted by atomic mass is 9.97. The number of carboxylic acid groups (broad SMARTS) is 1. The first kappa shape index (κ1) is 19.2. The summed E-state index contributed by atoms with van der Waals surface area (Å²) in [6, 6.07) is 7.14. The highest BCUT2D eigenvalue weighted by Crippen LogP contribution is 2.36.